The van der Waals surface area contributed by atoms with E-state index in [4.69, 9.17) is 0 Å². The minimum absolute atomic E-state index is 0. The Balaban J connectivity index is 0.000000603. The Morgan fingerprint density at radius 1 is 1.03 bits per heavy atom. The normalized spacial score (nSPS) is 11.2. The maximum absolute atomic E-state index is 11.6. The number of aromatic hydroxyl groups is 1. The quantitative estimate of drug-likeness (QED) is 0.169. The molecule has 4 heteroatoms. The van der Waals surface area contributed by atoms with Gasteiger partial charge >= 0.3 is 17.1 Å². The Morgan fingerprint density at radius 3 is 2.21 bits per heavy atom. The van der Waals surface area contributed by atoms with Crippen LogP contribution in [0.2, 0.25) is 0 Å². The van der Waals surface area contributed by atoms with Crippen molar-refractivity contribution in [2.75, 3.05) is 27.2 Å². The van der Waals surface area contributed by atoms with Crippen molar-refractivity contribution in [1.29, 1.82) is 0 Å². The summed E-state index contributed by atoms with van der Waals surface area (Å²) in [6.07, 6.45) is 0.910. The predicted octanol–water partition coefficient (Wildman–Crippen LogP) is 6.06. The first-order chi connectivity index (χ1) is 16.1. The topological polar surface area (TPSA) is 33.1 Å². The minimum atomic E-state index is 0. The number of aliphatic hydroxyl groups is 1. The number of allylic oxidation sites excluding steroid dienone is 1. The van der Waals surface area contributed by atoms with Crippen LogP contribution in [0.5, 0.6) is 5.75 Å². The maximum Gasteiger partial charge on any atom is 2.00 e. The monoisotopic (exact) mass is 495 g/mol. The molecule has 0 bridgehead atoms. The second-order valence-corrected chi connectivity index (χ2v) is 8.10. The molecule has 0 aliphatic carbocycles. The molecule has 3 nitrogen and oxygen atoms in total. The zero-order chi connectivity index (χ0) is 23.5. The van der Waals surface area contributed by atoms with Crippen molar-refractivity contribution < 1.29 is 21.8 Å². The van der Waals surface area contributed by atoms with E-state index in [1.165, 1.54) is 16.7 Å². The van der Waals surface area contributed by atoms with Crippen LogP contribution in [-0.2, 0) is 17.1 Å². The van der Waals surface area contributed by atoms with E-state index in [1.807, 2.05) is 42.5 Å². The number of nitrogens with zero attached hydrogens (tertiary/aromatic N) is 1. The Morgan fingerprint density at radius 2 is 1.71 bits per heavy atom. The van der Waals surface area contributed by atoms with Gasteiger partial charge in [0.05, 0.1) is 12.0 Å². The smallest absolute Gasteiger partial charge is 0.623 e. The fourth-order valence-corrected chi connectivity index (χ4v) is 3.67. The summed E-state index contributed by atoms with van der Waals surface area (Å²) in [6, 6.07) is 34.0. The number of benzene rings is 2. The van der Waals surface area contributed by atoms with Crippen molar-refractivity contribution >= 4 is 11.1 Å². The van der Waals surface area contributed by atoms with Crippen molar-refractivity contribution in [3.63, 3.8) is 0 Å². The molecule has 4 aromatic carbocycles. The average molecular weight is 495 g/mol. The molecule has 0 spiro atoms. The summed E-state index contributed by atoms with van der Waals surface area (Å²) in [5.74, 6) is 0.992. The zero-order valence-corrected chi connectivity index (χ0v) is 21.2. The molecule has 34 heavy (non-hydrogen) atoms. The largest absolute Gasteiger partial charge is 2.00 e. The van der Waals surface area contributed by atoms with Crippen LogP contribution in [0, 0.1) is 0 Å². The molecule has 4 rings (SSSR count). The molecule has 0 saturated carbocycles. The molecule has 0 fully saturated rings. The van der Waals surface area contributed by atoms with Crippen molar-refractivity contribution in [2.24, 2.45) is 0 Å². The van der Waals surface area contributed by atoms with Gasteiger partial charge < -0.3 is 14.4 Å². The van der Waals surface area contributed by atoms with E-state index in [9.17, 15) is 4.79 Å². The van der Waals surface area contributed by atoms with Gasteiger partial charge in [-0.05, 0) is 43.8 Å². The van der Waals surface area contributed by atoms with E-state index in [2.05, 4.69) is 79.2 Å². The summed E-state index contributed by atoms with van der Waals surface area (Å²) in [4.78, 5) is 13.7. The van der Waals surface area contributed by atoms with Crippen molar-refractivity contribution in [3.05, 3.63) is 130 Å². The van der Waals surface area contributed by atoms with Crippen LogP contribution in [0.1, 0.15) is 30.0 Å². The fourth-order valence-electron chi connectivity index (χ4n) is 3.67. The molecule has 178 valence electrons. The summed E-state index contributed by atoms with van der Waals surface area (Å²) in [7, 11) is 4.11. The Kier molecular flexibility index (Phi) is 11.4. The van der Waals surface area contributed by atoms with Gasteiger partial charge in [0.15, 0.2) is 6.61 Å². The first-order valence-electron chi connectivity index (χ1n) is 11.4. The third kappa shape index (κ3) is 8.07. The Labute approximate surface area is 213 Å². The van der Waals surface area contributed by atoms with Crippen LogP contribution in [0.4, 0.5) is 0 Å². The molecule has 0 amide bonds. The zero-order valence-electron chi connectivity index (χ0n) is 20.1. The molecular weight excluding hydrogens is 462 g/mol. The fraction of sp³-hybridized carbons (Fsp3) is 0.200. The van der Waals surface area contributed by atoms with E-state index in [-0.39, 0.29) is 22.5 Å². The number of hydrogen-bond acceptors (Lipinski definition) is 2. The summed E-state index contributed by atoms with van der Waals surface area (Å²) in [6.45, 7) is 3.90. The van der Waals surface area contributed by atoms with Gasteiger partial charge in [-0.15, -0.1) is 24.3 Å². The SMILES string of the molecule is CC/C(=C(\c1ccc(=O)[cH-]c1)[c+]1cc[c-]([OH+]CCN(C)C)cc1)[c-]1cccc1.[Fe+2].c1cc[cH-]c1. The Hall–Kier alpha value is -3.04. The van der Waals surface area contributed by atoms with E-state index >= 15 is 0 Å². The summed E-state index contributed by atoms with van der Waals surface area (Å²) in [5, 5.41) is 0. The van der Waals surface area contributed by atoms with Crippen molar-refractivity contribution in [3.8, 4) is 5.75 Å². The van der Waals surface area contributed by atoms with E-state index < -0.39 is 0 Å². The van der Waals surface area contributed by atoms with E-state index in [1.54, 1.807) is 12.1 Å². The number of ether oxygens (including phenoxy) is 1. The van der Waals surface area contributed by atoms with Crippen LogP contribution < -0.4 is 5.43 Å². The molecular formula is C30H33FeNO2. The van der Waals surface area contributed by atoms with E-state index in [0.717, 1.165) is 36.4 Å². The third-order valence-electron chi connectivity index (χ3n) is 5.36. The van der Waals surface area contributed by atoms with Crippen molar-refractivity contribution in [1.82, 2.24) is 4.90 Å². The minimum Gasteiger partial charge on any atom is -0.623 e. The standard InChI is InChI=1S/C25H28NO2.C5H5.Fe/c1-4-24(19-7-5-6-8-19)25(20-9-13-22(27)14-10-20)21-11-15-23(16-12-21)28-18-17-26(2)3;1-2-4-5-3-1;/h5-16,28H,4,17-18H2,1-3H3;1-5H;/q2*-1;+2/b25-24-;;. The number of rotatable bonds is 8. The van der Waals surface area contributed by atoms with Crippen LogP contribution in [0.25, 0.3) is 11.1 Å². The molecule has 0 radical (unpaired) electrons. The maximum atomic E-state index is 11.6. The van der Waals surface area contributed by atoms with Crippen LogP contribution in [0.15, 0.2) is 108 Å². The van der Waals surface area contributed by atoms with Gasteiger partial charge in [-0.1, -0.05) is 47.9 Å². The molecule has 0 atom stereocenters. The van der Waals surface area contributed by atoms with Crippen LogP contribution in [-0.4, -0.2) is 36.9 Å². The van der Waals surface area contributed by atoms with Gasteiger partial charge in [0.2, 0.25) is 5.75 Å². The summed E-state index contributed by atoms with van der Waals surface area (Å²) >= 11 is 0. The van der Waals surface area contributed by atoms with Crippen molar-refractivity contribution in [2.45, 2.75) is 13.3 Å². The molecule has 0 saturated heterocycles. The third-order valence-corrected chi connectivity index (χ3v) is 5.36. The molecule has 0 aliphatic rings. The molecule has 0 aliphatic heterocycles. The average Bonchev–Trinajstić information content (AvgIpc) is 3.56. The van der Waals surface area contributed by atoms with Crippen LogP contribution in [0.3, 0.4) is 0 Å². The molecule has 0 aromatic heterocycles. The molecule has 1 N–H and O–H groups in total. The van der Waals surface area contributed by atoms with Gasteiger partial charge in [-0.2, -0.15) is 30.3 Å². The van der Waals surface area contributed by atoms with Crippen LogP contribution >= 0.6 is 0 Å². The second kappa shape index (κ2) is 14.3. The van der Waals surface area contributed by atoms with Gasteiger partial charge in [0.1, 0.15) is 0 Å². The summed E-state index contributed by atoms with van der Waals surface area (Å²) in [5.41, 5.74) is 5.92. The number of hydrogen-bond donors (Lipinski definition) is 0. The van der Waals surface area contributed by atoms with Gasteiger partial charge in [0, 0.05) is 0 Å². The molecule has 4 aromatic rings. The Bertz CT molecular complexity index is 1110. The van der Waals surface area contributed by atoms with Gasteiger partial charge in [-0.3, -0.25) is 0 Å². The molecule has 0 heterocycles. The molecule has 0 unspecified atom stereocenters. The van der Waals surface area contributed by atoms with Gasteiger partial charge in [0.25, 0.3) is 0 Å². The second-order valence-electron chi connectivity index (χ2n) is 8.10. The number of likely N-dealkylation sites (N-methyl/N-ethyl adjacent to an activating group) is 1. The van der Waals surface area contributed by atoms with Gasteiger partial charge in [-0.25, -0.2) is 12.1 Å². The first kappa shape index (κ1) is 27.2. The predicted molar refractivity (Wildman–Crippen MR) is 140 cm³/mol. The first-order valence-corrected chi connectivity index (χ1v) is 11.4. The summed E-state index contributed by atoms with van der Waals surface area (Å²) < 4.78 is 4.65. The van der Waals surface area contributed by atoms with E-state index in [0.29, 0.717) is 0 Å².